The van der Waals surface area contributed by atoms with E-state index in [0.717, 1.165) is 13.0 Å². The van der Waals surface area contributed by atoms with Crippen molar-refractivity contribution in [1.82, 2.24) is 19.5 Å². The highest BCUT2D eigenvalue weighted by Gasteiger charge is 2.11. The van der Waals surface area contributed by atoms with E-state index in [-0.39, 0.29) is 10.4 Å². The maximum Gasteiger partial charge on any atom is 0.225 e. The van der Waals surface area contributed by atoms with E-state index in [4.69, 9.17) is 37.4 Å². The minimum atomic E-state index is 0.0871. The Hall–Kier alpha value is -0.990. The van der Waals surface area contributed by atoms with Gasteiger partial charge in [0.1, 0.15) is 5.52 Å². The molecule has 0 amide bonds. The monoisotopic (exact) mass is 362 g/mol. The largest absolute Gasteiger partial charge is 0.379 e. The summed E-state index contributed by atoms with van der Waals surface area (Å²) in [5, 5.41) is 0.372. The summed E-state index contributed by atoms with van der Waals surface area (Å²) in [7, 11) is 0. The molecule has 128 valence electrons. The second-order valence-electron chi connectivity index (χ2n) is 4.73. The highest BCUT2D eigenvalue weighted by atomic mass is 35.5. The molecule has 0 spiro atoms. The average molecular weight is 363 g/mol. The van der Waals surface area contributed by atoms with Crippen LogP contribution in [0.3, 0.4) is 0 Å². The predicted octanol–water partition coefficient (Wildman–Crippen LogP) is 2.59. The number of hydrogen-bond acceptors (Lipinski definition) is 6. The lowest BCUT2D eigenvalue weighted by atomic mass is 10.5. The summed E-state index contributed by atoms with van der Waals surface area (Å²) in [6.45, 7) is 6.23. The van der Waals surface area contributed by atoms with E-state index >= 15 is 0 Å². The van der Waals surface area contributed by atoms with E-state index in [1.807, 2.05) is 4.57 Å². The Labute approximate surface area is 144 Å². The Morgan fingerprint density at radius 2 is 1.61 bits per heavy atom. The van der Waals surface area contributed by atoms with Crippen LogP contribution in [0.25, 0.3) is 11.2 Å². The van der Waals surface area contributed by atoms with Crippen molar-refractivity contribution in [3.63, 3.8) is 0 Å². The van der Waals surface area contributed by atoms with Gasteiger partial charge in [0.25, 0.3) is 0 Å². The molecule has 0 unspecified atom stereocenters. The molecule has 2 aromatic rings. The van der Waals surface area contributed by atoms with Gasteiger partial charge in [0, 0.05) is 13.2 Å². The normalized spacial score (nSPS) is 11.4. The van der Waals surface area contributed by atoms with Crippen molar-refractivity contribution in [3.8, 4) is 0 Å². The summed E-state index contributed by atoms with van der Waals surface area (Å²) in [5.41, 5.74) is 1.13. The Balaban J connectivity index is 1.64. The molecule has 0 aliphatic carbocycles. The first-order valence-corrected chi connectivity index (χ1v) is 8.25. The van der Waals surface area contributed by atoms with Gasteiger partial charge in [-0.2, -0.15) is 4.98 Å². The van der Waals surface area contributed by atoms with E-state index in [2.05, 4.69) is 21.9 Å². The molecule has 0 aliphatic rings. The van der Waals surface area contributed by atoms with Crippen molar-refractivity contribution < 1.29 is 14.2 Å². The summed E-state index contributed by atoms with van der Waals surface area (Å²) in [5.74, 6) is 0. The maximum absolute atomic E-state index is 6.07. The first-order valence-electron chi connectivity index (χ1n) is 7.49. The quantitative estimate of drug-likeness (QED) is 0.347. The van der Waals surface area contributed by atoms with Crippen molar-refractivity contribution in [2.45, 2.75) is 19.9 Å². The van der Waals surface area contributed by atoms with Crippen molar-refractivity contribution >= 4 is 34.4 Å². The van der Waals surface area contributed by atoms with Crippen molar-refractivity contribution in [2.24, 2.45) is 0 Å². The standard InChI is InChI=1S/C14H20Cl2N4O3/c1-2-4-21-6-8-23-9-7-22-5-3-20-10-17-13-11(20)12(15)18-14(16)19-13/h10H,2-9H2,1H3. The SMILES string of the molecule is CCCOCCOCCOCCn1cnc2nc(Cl)nc(Cl)c21. The Morgan fingerprint density at radius 3 is 2.30 bits per heavy atom. The Bertz CT molecular complexity index is 609. The number of ether oxygens (including phenoxy) is 3. The summed E-state index contributed by atoms with van der Waals surface area (Å²) in [6.07, 6.45) is 2.67. The van der Waals surface area contributed by atoms with Crippen LogP contribution >= 0.6 is 23.2 Å². The molecule has 0 bridgehead atoms. The molecule has 0 radical (unpaired) electrons. The molecular formula is C14H20Cl2N4O3. The molecule has 0 atom stereocenters. The zero-order valence-electron chi connectivity index (χ0n) is 13.0. The molecule has 2 rings (SSSR count). The van der Waals surface area contributed by atoms with Crippen LogP contribution < -0.4 is 0 Å². The number of hydrogen-bond donors (Lipinski definition) is 0. The smallest absolute Gasteiger partial charge is 0.225 e. The molecule has 7 nitrogen and oxygen atoms in total. The molecule has 2 aromatic heterocycles. The number of rotatable bonds is 11. The molecule has 9 heteroatoms. The number of imidazole rings is 1. The van der Waals surface area contributed by atoms with Crippen molar-refractivity contribution in [1.29, 1.82) is 0 Å². The fourth-order valence-corrected chi connectivity index (χ4v) is 2.41. The van der Waals surface area contributed by atoms with Gasteiger partial charge in [-0.3, -0.25) is 0 Å². The molecule has 0 fully saturated rings. The van der Waals surface area contributed by atoms with E-state index < -0.39 is 0 Å². The summed E-state index contributed by atoms with van der Waals surface area (Å²) >= 11 is 11.8. The van der Waals surface area contributed by atoms with Crippen LogP contribution in [0, 0.1) is 0 Å². The Kier molecular flexibility index (Phi) is 7.98. The lowest BCUT2D eigenvalue weighted by molar-refractivity contribution is 0.0134. The van der Waals surface area contributed by atoms with E-state index in [9.17, 15) is 0 Å². The van der Waals surface area contributed by atoms with Gasteiger partial charge >= 0.3 is 0 Å². The molecule has 23 heavy (non-hydrogen) atoms. The van der Waals surface area contributed by atoms with Gasteiger partial charge in [-0.1, -0.05) is 18.5 Å². The minimum Gasteiger partial charge on any atom is -0.379 e. The van der Waals surface area contributed by atoms with Gasteiger partial charge in [-0.25, -0.2) is 9.97 Å². The maximum atomic E-state index is 6.07. The van der Waals surface area contributed by atoms with Crippen LogP contribution in [-0.2, 0) is 20.8 Å². The molecule has 0 saturated heterocycles. The lowest BCUT2D eigenvalue weighted by Crippen LogP contribution is -2.12. The Morgan fingerprint density at radius 1 is 0.957 bits per heavy atom. The van der Waals surface area contributed by atoms with E-state index in [1.165, 1.54) is 0 Å². The first kappa shape index (κ1) is 18.4. The van der Waals surface area contributed by atoms with Crippen LogP contribution in [-0.4, -0.2) is 59.2 Å². The first-order chi connectivity index (χ1) is 11.2. The molecular weight excluding hydrogens is 343 g/mol. The summed E-state index contributed by atoms with van der Waals surface area (Å²) in [6, 6.07) is 0. The second-order valence-corrected chi connectivity index (χ2v) is 5.43. The van der Waals surface area contributed by atoms with Gasteiger partial charge in [0.15, 0.2) is 10.8 Å². The third kappa shape index (κ3) is 5.86. The van der Waals surface area contributed by atoms with Gasteiger partial charge in [-0.15, -0.1) is 0 Å². The zero-order chi connectivity index (χ0) is 16.5. The van der Waals surface area contributed by atoms with Gasteiger partial charge in [-0.05, 0) is 18.0 Å². The third-order valence-electron chi connectivity index (χ3n) is 2.97. The number of fused-ring (bicyclic) bond motifs is 1. The number of aromatic nitrogens is 4. The minimum absolute atomic E-state index is 0.0871. The topological polar surface area (TPSA) is 71.3 Å². The fraction of sp³-hybridized carbons (Fsp3) is 0.643. The lowest BCUT2D eigenvalue weighted by Gasteiger charge is -2.07. The molecule has 0 aliphatic heterocycles. The fourth-order valence-electron chi connectivity index (χ4n) is 1.93. The zero-order valence-corrected chi connectivity index (χ0v) is 14.5. The molecule has 0 aromatic carbocycles. The van der Waals surface area contributed by atoms with Crippen LogP contribution in [0.4, 0.5) is 0 Å². The van der Waals surface area contributed by atoms with Gasteiger partial charge < -0.3 is 18.8 Å². The van der Waals surface area contributed by atoms with Crippen molar-refractivity contribution in [3.05, 3.63) is 16.8 Å². The predicted molar refractivity (Wildman–Crippen MR) is 88.1 cm³/mol. The van der Waals surface area contributed by atoms with Crippen LogP contribution in [0.1, 0.15) is 13.3 Å². The summed E-state index contributed by atoms with van der Waals surface area (Å²) < 4.78 is 18.1. The summed E-state index contributed by atoms with van der Waals surface area (Å²) in [4.78, 5) is 12.1. The molecule has 0 N–H and O–H groups in total. The average Bonchev–Trinajstić information content (AvgIpc) is 2.92. The van der Waals surface area contributed by atoms with E-state index in [1.54, 1.807) is 6.33 Å². The molecule has 2 heterocycles. The number of nitrogens with zero attached hydrogens (tertiary/aromatic N) is 4. The second kappa shape index (κ2) is 10.00. The number of halogens is 2. The van der Waals surface area contributed by atoms with Gasteiger partial charge in [0.05, 0.1) is 39.4 Å². The van der Waals surface area contributed by atoms with Gasteiger partial charge in [0.2, 0.25) is 5.28 Å². The highest BCUT2D eigenvalue weighted by Crippen LogP contribution is 2.21. The van der Waals surface area contributed by atoms with E-state index in [0.29, 0.717) is 50.7 Å². The van der Waals surface area contributed by atoms with Crippen molar-refractivity contribution in [2.75, 3.05) is 39.6 Å². The highest BCUT2D eigenvalue weighted by molar-refractivity contribution is 6.35. The van der Waals surface area contributed by atoms with Crippen LogP contribution in [0.5, 0.6) is 0 Å². The molecule has 0 saturated carbocycles. The van der Waals surface area contributed by atoms with Crippen LogP contribution in [0.15, 0.2) is 6.33 Å². The third-order valence-corrected chi connectivity index (χ3v) is 3.40. The van der Waals surface area contributed by atoms with Crippen LogP contribution in [0.2, 0.25) is 10.4 Å².